The van der Waals surface area contributed by atoms with E-state index in [1.54, 1.807) is 0 Å². The van der Waals surface area contributed by atoms with Crippen molar-refractivity contribution in [2.45, 2.75) is 19.8 Å². The maximum atomic E-state index is 11.3. The number of hydrazine groups is 1. The number of hydrogen-bond acceptors (Lipinski definition) is 6. The van der Waals surface area contributed by atoms with Crippen LogP contribution in [0, 0.1) is 0 Å². The van der Waals surface area contributed by atoms with Crippen molar-refractivity contribution in [2.75, 3.05) is 5.17 Å². The summed E-state index contributed by atoms with van der Waals surface area (Å²) < 4.78 is 25.9. The molecule has 0 aromatic heterocycles. The van der Waals surface area contributed by atoms with Crippen LogP contribution in [0.5, 0.6) is 0 Å². The third-order valence-corrected chi connectivity index (χ3v) is 3.46. The molecule has 86 valence electrons. The van der Waals surface area contributed by atoms with Gasteiger partial charge in [-0.3, -0.25) is 0 Å². The van der Waals surface area contributed by atoms with Gasteiger partial charge in [0.2, 0.25) is 0 Å². The van der Waals surface area contributed by atoms with E-state index in [1.165, 1.54) is 5.17 Å². The van der Waals surface area contributed by atoms with E-state index in [2.05, 4.69) is 13.8 Å². The van der Waals surface area contributed by atoms with Crippen LogP contribution in [0.15, 0.2) is 24.3 Å². The van der Waals surface area contributed by atoms with Crippen LogP contribution in [0.2, 0.25) is 0 Å². The smallest absolute Gasteiger partial charge is 0.222 e. The molecule has 3 fully saturated rings. The maximum Gasteiger partial charge on any atom is 0.538 e. The molecule has 0 radical (unpaired) electrons. The van der Waals surface area contributed by atoms with Gasteiger partial charge in [-0.05, 0) is 23.6 Å². The van der Waals surface area contributed by atoms with Gasteiger partial charge in [-0.15, -0.1) is 19.0 Å². The highest BCUT2D eigenvalue weighted by atomic mass is 31.2. The van der Waals surface area contributed by atoms with Crippen molar-refractivity contribution < 1.29 is 18.4 Å². The minimum atomic E-state index is -3.31. The fraction of sp³-hybridized carbons (Fsp3) is 0.333. The highest BCUT2D eigenvalue weighted by Crippen LogP contribution is 2.67. The zero-order valence-electron chi connectivity index (χ0n) is 8.86. The van der Waals surface area contributed by atoms with Gasteiger partial charge in [0.1, 0.15) is 0 Å². The lowest BCUT2D eigenvalue weighted by Crippen LogP contribution is -2.34. The first-order valence-corrected chi connectivity index (χ1v) is 6.43. The van der Waals surface area contributed by atoms with E-state index in [-0.39, 0.29) is 0 Å². The Labute approximate surface area is 92.8 Å². The molecule has 4 rings (SSSR count). The van der Waals surface area contributed by atoms with Gasteiger partial charge in [-0.1, -0.05) is 26.0 Å². The van der Waals surface area contributed by atoms with E-state index < -0.39 is 7.82 Å². The predicted octanol–water partition coefficient (Wildman–Crippen LogP) is 2.76. The topological polar surface area (TPSA) is 51.2 Å². The summed E-state index contributed by atoms with van der Waals surface area (Å²) >= 11 is 0. The molecule has 6 nitrogen and oxygen atoms in total. The van der Waals surface area contributed by atoms with Crippen molar-refractivity contribution in [3.8, 4) is 0 Å². The fourth-order valence-corrected chi connectivity index (χ4v) is 2.43. The van der Waals surface area contributed by atoms with E-state index in [0.29, 0.717) is 5.92 Å². The standard InChI is InChI=1S/C9H11N2O4P/c1-7(2)8-4-3-5-9(6-8)10-11-14-16(12,13-10)15-11/h3-7H,1-2H3. The zero-order chi connectivity index (χ0) is 11.3. The van der Waals surface area contributed by atoms with E-state index in [9.17, 15) is 4.57 Å². The van der Waals surface area contributed by atoms with Gasteiger partial charge in [0.15, 0.2) is 0 Å². The molecule has 3 saturated heterocycles. The maximum absolute atomic E-state index is 11.3. The van der Waals surface area contributed by atoms with Crippen molar-refractivity contribution >= 4 is 13.5 Å². The van der Waals surface area contributed by atoms with Gasteiger partial charge in [0.05, 0.1) is 11.0 Å². The van der Waals surface area contributed by atoms with E-state index >= 15 is 0 Å². The average molecular weight is 242 g/mol. The first-order chi connectivity index (χ1) is 7.57. The van der Waals surface area contributed by atoms with Crippen LogP contribution in [0.3, 0.4) is 0 Å². The Bertz CT molecular complexity index is 468. The zero-order valence-corrected chi connectivity index (χ0v) is 9.76. The van der Waals surface area contributed by atoms with E-state index in [4.69, 9.17) is 13.9 Å². The number of hydrogen-bond donors (Lipinski definition) is 0. The van der Waals surface area contributed by atoms with Crippen LogP contribution in [0.4, 0.5) is 5.69 Å². The molecule has 1 aromatic rings. The molecule has 2 bridgehead atoms. The molecule has 0 amide bonds. The Morgan fingerprint density at radius 2 is 2.00 bits per heavy atom. The van der Waals surface area contributed by atoms with Crippen LogP contribution < -0.4 is 5.17 Å². The summed E-state index contributed by atoms with van der Waals surface area (Å²) in [6.45, 7) is 4.19. The minimum absolute atomic E-state index is 0.408. The number of rotatable bonds is 2. The highest BCUT2D eigenvalue weighted by molar-refractivity contribution is 7.49. The first-order valence-electron chi connectivity index (χ1n) is 4.97. The second-order valence-corrected chi connectivity index (χ2v) is 5.34. The number of anilines is 1. The minimum Gasteiger partial charge on any atom is -0.222 e. The first kappa shape index (κ1) is 10.3. The normalized spacial score (nSPS) is 31.9. The second-order valence-electron chi connectivity index (χ2n) is 3.95. The molecular formula is C9H11N2O4P. The summed E-state index contributed by atoms with van der Waals surface area (Å²) in [6.07, 6.45) is 0. The van der Waals surface area contributed by atoms with Crippen LogP contribution in [-0.2, 0) is 18.4 Å². The molecule has 0 aliphatic carbocycles. The predicted molar refractivity (Wildman–Crippen MR) is 55.7 cm³/mol. The third-order valence-electron chi connectivity index (χ3n) is 2.42. The van der Waals surface area contributed by atoms with Gasteiger partial charge < -0.3 is 0 Å². The molecule has 16 heavy (non-hydrogen) atoms. The SMILES string of the molecule is CC(C)c1cccc(N2OP3(=O)ON2O3)c1. The third kappa shape index (κ3) is 1.47. The highest BCUT2D eigenvalue weighted by Gasteiger charge is 2.60. The summed E-state index contributed by atoms with van der Waals surface area (Å²) in [5.41, 5.74) is 1.88. The average Bonchev–Trinajstić information content (AvgIpc) is 2.71. The molecule has 0 unspecified atom stereocenters. The molecule has 0 N–H and O–H groups in total. The van der Waals surface area contributed by atoms with Crippen molar-refractivity contribution in [3.63, 3.8) is 0 Å². The largest absolute Gasteiger partial charge is 0.538 e. The molecular weight excluding hydrogens is 231 g/mol. The number of fused-ring (bicyclic) bond motifs is 1. The molecule has 0 spiro atoms. The molecule has 7 heteroatoms. The van der Waals surface area contributed by atoms with E-state index in [0.717, 1.165) is 16.6 Å². The van der Waals surface area contributed by atoms with Crippen LogP contribution in [0.25, 0.3) is 0 Å². The molecule has 0 atom stereocenters. The molecule has 0 saturated carbocycles. The Hall–Kier alpha value is -0.910. The lowest BCUT2D eigenvalue weighted by Gasteiger charge is -2.21. The molecule has 3 aliphatic heterocycles. The van der Waals surface area contributed by atoms with Crippen LogP contribution in [-0.4, -0.2) is 5.34 Å². The molecule has 3 heterocycles. The summed E-state index contributed by atoms with van der Waals surface area (Å²) in [6, 6.07) is 7.69. The van der Waals surface area contributed by atoms with E-state index in [1.807, 2.05) is 24.3 Å². The molecule has 3 aliphatic rings. The van der Waals surface area contributed by atoms with Crippen molar-refractivity contribution in [1.29, 1.82) is 0 Å². The van der Waals surface area contributed by atoms with Crippen LogP contribution >= 0.6 is 7.82 Å². The lowest BCUT2D eigenvalue weighted by atomic mass is 10.0. The van der Waals surface area contributed by atoms with Gasteiger partial charge in [-0.2, -0.15) is 0 Å². The molecule has 1 aromatic carbocycles. The summed E-state index contributed by atoms with van der Waals surface area (Å²) in [5.74, 6) is 0.408. The van der Waals surface area contributed by atoms with Crippen LogP contribution in [0.1, 0.15) is 25.3 Å². The second kappa shape index (κ2) is 3.29. The van der Waals surface area contributed by atoms with Crippen molar-refractivity contribution in [1.82, 2.24) is 5.34 Å². The van der Waals surface area contributed by atoms with Gasteiger partial charge in [0, 0.05) is 0 Å². The summed E-state index contributed by atoms with van der Waals surface area (Å²) in [7, 11) is -3.31. The summed E-state index contributed by atoms with van der Waals surface area (Å²) in [5, 5.41) is 2.22. The quantitative estimate of drug-likeness (QED) is 0.743. The van der Waals surface area contributed by atoms with Gasteiger partial charge in [0.25, 0.3) is 0 Å². The number of nitrogens with zero attached hydrogens (tertiary/aromatic N) is 2. The van der Waals surface area contributed by atoms with Crippen molar-refractivity contribution in [3.05, 3.63) is 29.8 Å². The summed E-state index contributed by atoms with van der Waals surface area (Å²) in [4.78, 5) is 0. The Morgan fingerprint density at radius 3 is 2.56 bits per heavy atom. The monoisotopic (exact) mass is 242 g/mol. The van der Waals surface area contributed by atoms with Gasteiger partial charge in [-0.25, -0.2) is 4.57 Å². The van der Waals surface area contributed by atoms with Crippen molar-refractivity contribution in [2.24, 2.45) is 0 Å². The number of benzene rings is 1. The Balaban J connectivity index is 1.90. The van der Waals surface area contributed by atoms with Gasteiger partial charge >= 0.3 is 7.82 Å². The Morgan fingerprint density at radius 1 is 1.25 bits per heavy atom. The lowest BCUT2D eigenvalue weighted by molar-refractivity contribution is -0.318. The fourth-order valence-electron chi connectivity index (χ4n) is 1.54. The Kier molecular flexibility index (Phi) is 2.11. The number of phosphoric acid groups is 1.